The number of halogens is 3. The lowest BCUT2D eigenvalue weighted by atomic mass is 10.1. The molecule has 0 unspecified atom stereocenters. The highest BCUT2D eigenvalue weighted by Gasteiger charge is 2.38. The Hall–Kier alpha value is -4.44. The number of carboxylic acid groups (broad SMARTS) is 1. The maximum absolute atomic E-state index is 12.6. The molecule has 0 bridgehead atoms. The summed E-state index contributed by atoms with van der Waals surface area (Å²) in [6.07, 6.45) is -4.23. The SMILES string of the molecule is Cc1ccsc1CCNC(=O)c1ccc(-c2nc3ccccc3n2Cc2ccccc2)cc1.O=C(O)C(F)(F)F. The molecule has 6 nitrogen and oxygen atoms in total. The number of rotatable bonds is 7. The predicted octanol–water partition coefficient (Wildman–Crippen LogP) is 6.73. The maximum atomic E-state index is 12.6. The Labute approximate surface area is 232 Å². The average Bonchev–Trinajstić information content (AvgIpc) is 3.52. The number of para-hydroxylation sites is 2. The second kappa shape index (κ2) is 12.6. The van der Waals surface area contributed by atoms with Crippen molar-refractivity contribution in [3.05, 3.63) is 112 Å². The van der Waals surface area contributed by atoms with E-state index in [2.05, 4.69) is 58.6 Å². The third kappa shape index (κ3) is 7.15. The summed E-state index contributed by atoms with van der Waals surface area (Å²) >= 11 is 1.74. The van der Waals surface area contributed by atoms with Gasteiger partial charge in [0, 0.05) is 29.1 Å². The smallest absolute Gasteiger partial charge is 0.475 e. The Kier molecular flexibility index (Phi) is 9.00. The van der Waals surface area contributed by atoms with Crippen LogP contribution in [0.3, 0.4) is 0 Å². The lowest BCUT2D eigenvalue weighted by Gasteiger charge is -2.10. The van der Waals surface area contributed by atoms with E-state index >= 15 is 0 Å². The third-order valence-electron chi connectivity index (χ3n) is 6.09. The molecule has 0 aliphatic carbocycles. The van der Waals surface area contributed by atoms with E-state index in [1.54, 1.807) is 11.3 Å². The molecule has 0 spiro atoms. The van der Waals surface area contributed by atoms with Crippen LogP contribution in [-0.2, 0) is 17.8 Å². The summed E-state index contributed by atoms with van der Waals surface area (Å²) in [5.41, 5.74) is 6.23. The summed E-state index contributed by atoms with van der Waals surface area (Å²) in [5.74, 6) is -1.90. The quantitative estimate of drug-likeness (QED) is 0.229. The first-order valence-corrected chi connectivity index (χ1v) is 13.2. The number of carbonyl (C=O) groups is 2. The van der Waals surface area contributed by atoms with Crippen molar-refractivity contribution in [2.45, 2.75) is 26.1 Å². The minimum absolute atomic E-state index is 0.0476. The molecule has 0 saturated carbocycles. The van der Waals surface area contributed by atoms with E-state index < -0.39 is 12.1 Å². The summed E-state index contributed by atoms with van der Waals surface area (Å²) in [5, 5.41) is 12.3. The second-order valence-electron chi connectivity index (χ2n) is 8.91. The summed E-state index contributed by atoms with van der Waals surface area (Å²) in [7, 11) is 0. The standard InChI is InChI=1S/C28H25N3OS.C2HF3O2/c1-20-16-18-33-26(20)15-17-29-28(32)23-13-11-22(12-14-23)27-30-24-9-5-6-10-25(24)31(27)19-21-7-3-2-4-8-21;3-2(4,5)1(6)7/h2-14,16,18H,15,17,19H2,1H3,(H,29,32);(H,6,7). The molecule has 2 heterocycles. The van der Waals surface area contributed by atoms with E-state index in [0.717, 1.165) is 35.4 Å². The number of aliphatic carboxylic acids is 1. The molecule has 0 aliphatic rings. The van der Waals surface area contributed by atoms with Crippen LogP contribution in [0.15, 0.2) is 90.3 Å². The number of imidazole rings is 1. The lowest BCUT2D eigenvalue weighted by Crippen LogP contribution is -2.25. The topological polar surface area (TPSA) is 84.2 Å². The minimum atomic E-state index is -5.08. The molecule has 10 heteroatoms. The molecule has 5 rings (SSSR count). The van der Waals surface area contributed by atoms with Gasteiger partial charge in [-0.3, -0.25) is 4.79 Å². The highest BCUT2D eigenvalue weighted by molar-refractivity contribution is 7.10. The van der Waals surface area contributed by atoms with E-state index in [1.165, 1.54) is 16.0 Å². The fourth-order valence-corrected chi connectivity index (χ4v) is 4.95. The highest BCUT2D eigenvalue weighted by atomic mass is 32.1. The van der Waals surface area contributed by atoms with Gasteiger partial charge in [-0.05, 0) is 60.2 Å². The van der Waals surface area contributed by atoms with Gasteiger partial charge in [0.1, 0.15) is 5.82 Å². The van der Waals surface area contributed by atoms with Gasteiger partial charge in [0.2, 0.25) is 0 Å². The molecule has 1 amide bonds. The lowest BCUT2D eigenvalue weighted by molar-refractivity contribution is -0.192. The first-order valence-electron chi connectivity index (χ1n) is 12.3. The molecule has 0 radical (unpaired) electrons. The van der Waals surface area contributed by atoms with Crippen molar-refractivity contribution in [3.8, 4) is 11.4 Å². The Morgan fingerprint density at radius 1 is 0.950 bits per heavy atom. The number of aromatic nitrogens is 2. The number of benzene rings is 3. The molecule has 3 aromatic carbocycles. The number of alkyl halides is 3. The Balaban J connectivity index is 0.000000470. The molecular formula is C30H26F3N3O3S. The number of fused-ring (bicyclic) bond motifs is 1. The second-order valence-corrected chi connectivity index (χ2v) is 9.91. The number of nitrogens with zero attached hydrogens (tertiary/aromatic N) is 2. The van der Waals surface area contributed by atoms with Crippen molar-refractivity contribution in [1.82, 2.24) is 14.9 Å². The van der Waals surface area contributed by atoms with Gasteiger partial charge in [-0.2, -0.15) is 13.2 Å². The van der Waals surface area contributed by atoms with Crippen molar-refractivity contribution in [2.75, 3.05) is 6.54 Å². The average molecular weight is 566 g/mol. The van der Waals surface area contributed by atoms with E-state index in [0.29, 0.717) is 12.1 Å². The fourth-order valence-electron chi connectivity index (χ4n) is 4.04. The van der Waals surface area contributed by atoms with Crippen LogP contribution in [-0.4, -0.2) is 39.3 Å². The van der Waals surface area contributed by atoms with Gasteiger partial charge in [0.25, 0.3) is 5.91 Å². The predicted molar refractivity (Wildman–Crippen MR) is 149 cm³/mol. The first-order chi connectivity index (χ1) is 19.1. The van der Waals surface area contributed by atoms with Crippen LogP contribution < -0.4 is 5.32 Å². The molecular weight excluding hydrogens is 539 g/mol. The number of carboxylic acids is 1. The Morgan fingerprint density at radius 3 is 2.23 bits per heavy atom. The summed E-state index contributed by atoms with van der Waals surface area (Å²) in [6, 6.07) is 28.5. The van der Waals surface area contributed by atoms with Crippen LogP contribution in [0, 0.1) is 6.92 Å². The summed E-state index contributed by atoms with van der Waals surface area (Å²) in [4.78, 5) is 27.7. The normalized spacial score (nSPS) is 11.1. The van der Waals surface area contributed by atoms with Gasteiger partial charge in [-0.1, -0.05) is 54.6 Å². The van der Waals surface area contributed by atoms with Gasteiger partial charge >= 0.3 is 12.1 Å². The number of carbonyl (C=O) groups excluding carboxylic acids is 1. The molecule has 5 aromatic rings. The maximum Gasteiger partial charge on any atom is 0.490 e. The molecule has 0 saturated heterocycles. The van der Waals surface area contributed by atoms with E-state index in [4.69, 9.17) is 14.9 Å². The van der Waals surface area contributed by atoms with Crippen LogP contribution in [0.5, 0.6) is 0 Å². The number of aryl methyl sites for hydroxylation is 1. The molecule has 2 N–H and O–H groups in total. The zero-order valence-electron chi connectivity index (χ0n) is 21.5. The highest BCUT2D eigenvalue weighted by Crippen LogP contribution is 2.26. The fraction of sp³-hybridized carbons (Fsp3) is 0.167. The molecule has 0 aliphatic heterocycles. The van der Waals surface area contributed by atoms with Crippen molar-refractivity contribution < 1.29 is 27.9 Å². The zero-order chi connectivity index (χ0) is 28.7. The number of hydrogen-bond acceptors (Lipinski definition) is 4. The van der Waals surface area contributed by atoms with Gasteiger partial charge in [-0.15, -0.1) is 11.3 Å². The number of nitrogens with one attached hydrogen (secondary N) is 1. The van der Waals surface area contributed by atoms with Crippen LogP contribution in [0.25, 0.3) is 22.4 Å². The summed E-state index contributed by atoms with van der Waals surface area (Å²) in [6.45, 7) is 3.48. The first kappa shape index (κ1) is 28.6. The van der Waals surface area contributed by atoms with Gasteiger partial charge < -0.3 is 15.0 Å². The van der Waals surface area contributed by atoms with Gasteiger partial charge in [0.15, 0.2) is 0 Å². The van der Waals surface area contributed by atoms with E-state index in [9.17, 15) is 18.0 Å². The number of amides is 1. The molecule has 206 valence electrons. The van der Waals surface area contributed by atoms with Gasteiger partial charge in [-0.25, -0.2) is 9.78 Å². The largest absolute Gasteiger partial charge is 0.490 e. The van der Waals surface area contributed by atoms with Crippen molar-refractivity contribution in [2.24, 2.45) is 0 Å². The number of hydrogen-bond donors (Lipinski definition) is 2. The zero-order valence-corrected chi connectivity index (χ0v) is 22.3. The van der Waals surface area contributed by atoms with Crippen molar-refractivity contribution in [3.63, 3.8) is 0 Å². The van der Waals surface area contributed by atoms with Crippen molar-refractivity contribution >= 4 is 34.2 Å². The van der Waals surface area contributed by atoms with E-state index in [1.807, 2.05) is 48.5 Å². The summed E-state index contributed by atoms with van der Waals surface area (Å²) < 4.78 is 34.0. The Morgan fingerprint density at radius 2 is 1.60 bits per heavy atom. The monoisotopic (exact) mass is 565 g/mol. The molecule has 0 fully saturated rings. The van der Waals surface area contributed by atoms with Crippen LogP contribution in [0.1, 0.15) is 26.4 Å². The minimum Gasteiger partial charge on any atom is -0.475 e. The van der Waals surface area contributed by atoms with E-state index in [-0.39, 0.29) is 5.91 Å². The van der Waals surface area contributed by atoms with Crippen LogP contribution in [0.4, 0.5) is 13.2 Å². The Bertz CT molecular complexity index is 1590. The molecule has 2 aromatic heterocycles. The van der Waals surface area contributed by atoms with Crippen LogP contribution >= 0.6 is 11.3 Å². The molecule has 40 heavy (non-hydrogen) atoms. The van der Waals surface area contributed by atoms with Crippen molar-refractivity contribution in [1.29, 1.82) is 0 Å². The number of thiophene rings is 1. The third-order valence-corrected chi connectivity index (χ3v) is 7.17. The van der Waals surface area contributed by atoms with Gasteiger partial charge in [0.05, 0.1) is 11.0 Å². The van der Waals surface area contributed by atoms with Crippen LogP contribution in [0.2, 0.25) is 0 Å². The molecule has 0 atom stereocenters.